The lowest BCUT2D eigenvalue weighted by Crippen LogP contribution is -2.17. The van der Waals surface area contributed by atoms with Crippen molar-refractivity contribution < 1.29 is 17.9 Å². The van der Waals surface area contributed by atoms with Crippen molar-refractivity contribution in [3.8, 4) is 5.75 Å². The van der Waals surface area contributed by atoms with Crippen molar-refractivity contribution >= 4 is 0 Å². The van der Waals surface area contributed by atoms with Crippen LogP contribution in [-0.4, -0.2) is 6.36 Å². The fraction of sp³-hybridized carbons (Fsp3) is 0.222. The number of ether oxygens (including phenoxy) is 1. The molecule has 13 heavy (non-hydrogen) atoms. The maximum Gasteiger partial charge on any atom is 0.573 e. The highest BCUT2D eigenvalue weighted by molar-refractivity contribution is 5.32. The fourth-order valence-electron chi connectivity index (χ4n) is 0.891. The van der Waals surface area contributed by atoms with Crippen LogP contribution in [0.5, 0.6) is 5.75 Å². The zero-order chi connectivity index (χ0) is 9.90. The largest absolute Gasteiger partial charge is 0.573 e. The van der Waals surface area contributed by atoms with Gasteiger partial charge in [-0.1, -0.05) is 19.1 Å². The summed E-state index contributed by atoms with van der Waals surface area (Å²) >= 11 is 0. The quantitative estimate of drug-likeness (QED) is 0.694. The van der Waals surface area contributed by atoms with Gasteiger partial charge in [-0.2, -0.15) is 0 Å². The maximum atomic E-state index is 11.7. The summed E-state index contributed by atoms with van der Waals surface area (Å²) in [5, 5.41) is 0. The monoisotopic (exact) mass is 189 g/mol. The highest BCUT2D eigenvalue weighted by Crippen LogP contribution is 2.23. The second kappa shape index (κ2) is 3.68. The number of halogens is 3. The predicted molar refractivity (Wildman–Crippen MR) is 42.2 cm³/mol. The Kier molecular flexibility index (Phi) is 2.80. The summed E-state index contributed by atoms with van der Waals surface area (Å²) in [6, 6.07) is 5.80. The molecule has 0 aromatic heterocycles. The van der Waals surface area contributed by atoms with E-state index >= 15 is 0 Å². The fourth-order valence-corrected chi connectivity index (χ4v) is 0.891. The molecule has 0 saturated heterocycles. The molecule has 0 aliphatic heterocycles. The van der Waals surface area contributed by atoms with Gasteiger partial charge in [0.15, 0.2) is 0 Å². The van der Waals surface area contributed by atoms with Gasteiger partial charge in [-0.25, -0.2) is 0 Å². The van der Waals surface area contributed by atoms with Crippen LogP contribution in [0.1, 0.15) is 12.5 Å². The second-order valence-corrected chi connectivity index (χ2v) is 2.41. The molecule has 0 bridgehead atoms. The van der Waals surface area contributed by atoms with E-state index in [1.165, 1.54) is 18.2 Å². The van der Waals surface area contributed by atoms with Crippen molar-refractivity contribution in [1.82, 2.24) is 0 Å². The van der Waals surface area contributed by atoms with E-state index in [4.69, 9.17) is 0 Å². The minimum atomic E-state index is -4.62. The Morgan fingerprint density at radius 1 is 1.31 bits per heavy atom. The van der Waals surface area contributed by atoms with Gasteiger partial charge in [0.05, 0.1) is 0 Å². The molecule has 0 spiro atoms. The summed E-state index contributed by atoms with van der Waals surface area (Å²) in [6.07, 6.45) is -2.92. The van der Waals surface area contributed by atoms with E-state index in [1.807, 2.05) is 0 Å². The van der Waals surface area contributed by atoms with Gasteiger partial charge >= 0.3 is 6.36 Å². The summed E-state index contributed by atoms with van der Waals surface area (Å²) in [7, 11) is 0. The van der Waals surface area contributed by atoms with Crippen molar-refractivity contribution in [3.05, 3.63) is 36.2 Å². The first kappa shape index (κ1) is 9.89. The van der Waals surface area contributed by atoms with Crippen molar-refractivity contribution in [2.24, 2.45) is 0 Å². The average Bonchev–Trinajstić information content (AvgIpc) is 2.01. The Hall–Kier alpha value is -1.19. The van der Waals surface area contributed by atoms with E-state index in [0.717, 1.165) is 0 Å². The number of rotatable bonds is 2. The lowest BCUT2D eigenvalue weighted by molar-refractivity contribution is -0.274. The molecule has 71 valence electrons. The van der Waals surface area contributed by atoms with E-state index in [2.05, 4.69) is 4.74 Å². The van der Waals surface area contributed by atoms with Gasteiger partial charge < -0.3 is 4.74 Å². The van der Waals surface area contributed by atoms with E-state index in [1.54, 1.807) is 19.4 Å². The third-order valence-corrected chi connectivity index (χ3v) is 1.43. The number of hydrogen-bond donors (Lipinski definition) is 0. The molecule has 1 nitrogen and oxygen atoms in total. The summed E-state index contributed by atoms with van der Waals surface area (Å²) in [5.41, 5.74) is 0.696. The van der Waals surface area contributed by atoms with Crippen LogP contribution < -0.4 is 4.74 Å². The minimum Gasteiger partial charge on any atom is -0.406 e. The van der Waals surface area contributed by atoms with Gasteiger partial charge in [-0.3, -0.25) is 0 Å². The summed E-state index contributed by atoms with van der Waals surface area (Å²) in [4.78, 5) is 0. The standard InChI is InChI=1S/C9H8F3O/c1-2-7-4-3-5-8(6-7)13-9(10,11)12/h2-6H,1H3. The molecule has 0 heterocycles. The Bertz CT molecular complexity index is 280. The Labute approximate surface area is 74.1 Å². The molecule has 1 aromatic rings. The van der Waals surface area contributed by atoms with Crippen LogP contribution in [0, 0.1) is 6.42 Å². The highest BCUT2D eigenvalue weighted by atomic mass is 19.4. The molecule has 1 rings (SSSR count). The first-order valence-electron chi connectivity index (χ1n) is 3.66. The maximum absolute atomic E-state index is 11.7. The van der Waals surface area contributed by atoms with Gasteiger partial charge in [0.1, 0.15) is 5.75 Å². The lowest BCUT2D eigenvalue weighted by Gasteiger charge is -2.09. The molecule has 0 N–H and O–H groups in total. The Morgan fingerprint density at radius 3 is 2.54 bits per heavy atom. The van der Waals surface area contributed by atoms with Crippen LogP contribution in [0.3, 0.4) is 0 Å². The lowest BCUT2D eigenvalue weighted by atomic mass is 10.2. The molecule has 0 atom stereocenters. The van der Waals surface area contributed by atoms with E-state index in [9.17, 15) is 13.2 Å². The molecule has 0 aliphatic rings. The molecule has 0 fully saturated rings. The van der Waals surface area contributed by atoms with Gasteiger partial charge in [0, 0.05) is 0 Å². The summed E-state index contributed by atoms with van der Waals surface area (Å²) < 4.78 is 39.0. The zero-order valence-corrected chi connectivity index (χ0v) is 6.93. The van der Waals surface area contributed by atoms with Crippen LogP contribution in [0.2, 0.25) is 0 Å². The van der Waals surface area contributed by atoms with Crippen LogP contribution in [0.15, 0.2) is 24.3 Å². The average molecular weight is 189 g/mol. The molecular formula is C9H8F3O. The predicted octanol–water partition coefficient (Wildman–Crippen LogP) is 3.16. The van der Waals surface area contributed by atoms with Crippen LogP contribution >= 0.6 is 0 Å². The number of benzene rings is 1. The first-order chi connectivity index (χ1) is 6.01. The molecule has 4 heteroatoms. The van der Waals surface area contributed by atoms with Gasteiger partial charge in [-0.05, 0) is 24.1 Å². The van der Waals surface area contributed by atoms with Crippen LogP contribution in [-0.2, 0) is 0 Å². The number of alkyl halides is 3. The minimum absolute atomic E-state index is 0.192. The molecule has 0 saturated carbocycles. The van der Waals surface area contributed by atoms with Crippen molar-refractivity contribution in [3.63, 3.8) is 0 Å². The molecule has 0 amide bonds. The van der Waals surface area contributed by atoms with Crippen molar-refractivity contribution in [2.75, 3.05) is 0 Å². The third kappa shape index (κ3) is 3.36. The molecule has 0 aliphatic carbocycles. The zero-order valence-electron chi connectivity index (χ0n) is 6.93. The second-order valence-electron chi connectivity index (χ2n) is 2.41. The van der Waals surface area contributed by atoms with E-state index < -0.39 is 6.36 Å². The molecule has 0 unspecified atom stereocenters. The SMILES string of the molecule is C[CH]c1cccc(OC(F)(F)F)c1. The van der Waals surface area contributed by atoms with Crippen molar-refractivity contribution in [2.45, 2.75) is 13.3 Å². The highest BCUT2D eigenvalue weighted by Gasteiger charge is 2.30. The van der Waals surface area contributed by atoms with Crippen LogP contribution in [0.25, 0.3) is 0 Å². The van der Waals surface area contributed by atoms with Gasteiger partial charge in [0.2, 0.25) is 0 Å². The summed E-state index contributed by atoms with van der Waals surface area (Å²) in [6.45, 7) is 1.74. The summed E-state index contributed by atoms with van der Waals surface area (Å²) in [5.74, 6) is -0.192. The van der Waals surface area contributed by atoms with Crippen LogP contribution in [0.4, 0.5) is 13.2 Å². The Balaban J connectivity index is 2.78. The molecule has 1 radical (unpaired) electrons. The van der Waals surface area contributed by atoms with Crippen molar-refractivity contribution in [1.29, 1.82) is 0 Å². The normalized spacial score (nSPS) is 11.4. The third-order valence-electron chi connectivity index (χ3n) is 1.43. The van der Waals surface area contributed by atoms with Gasteiger partial charge in [-0.15, -0.1) is 13.2 Å². The smallest absolute Gasteiger partial charge is 0.406 e. The van der Waals surface area contributed by atoms with E-state index in [-0.39, 0.29) is 5.75 Å². The Morgan fingerprint density at radius 2 is 2.00 bits per heavy atom. The topological polar surface area (TPSA) is 9.23 Å². The number of hydrogen-bond acceptors (Lipinski definition) is 1. The first-order valence-corrected chi connectivity index (χ1v) is 3.66. The van der Waals surface area contributed by atoms with Gasteiger partial charge in [0.25, 0.3) is 0 Å². The van der Waals surface area contributed by atoms with E-state index in [0.29, 0.717) is 5.56 Å². The molecular weight excluding hydrogens is 181 g/mol. The molecule has 1 aromatic carbocycles.